The summed E-state index contributed by atoms with van der Waals surface area (Å²) in [5.74, 6) is 1.51. The summed E-state index contributed by atoms with van der Waals surface area (Å²) in [6, 6.07) is 15.7. The summed E-state index contributed by atoms with van der Waals surface area (Å²) in [4.78, 5) is 11.8. The summed E-state index contributed by atoms with van der Waals surface area (Å²) < 4.78 is 10.6. The molecule has 0 saturated heterocycles. The molecule has 2 aromatic rings. The Morgan fingerprint density at radius 1 is 1.09 bits per heavy atom. The maximum atomic E-state index is 11.8. The van der Waals surface area contributed by atoms with Crippen molar-refractivity contribution in [1.82, 2.24) is 5.32 Å². The lowest BCUT2D eigenvalue weighted by Gasteiger charge is -2.09. The first kappa shape index (κ1) is 16.9. The molecule has 0 bridgehead atoms. The molecule has 2 aromatic carbocycles. The molecular weight excluding hydrogens is 290 g/mol. The predicted octanol–water partition coefficient (Wildman–Crippen LogP) is 3.13. The van der Waals surface area contributed by atoms with Crippen LogP contribution in [0, 0.1) is 6.92 Å². The monoisotopic (exact) mass is 313 g/mol. The molecule has 4 heteroatoms. The molecule has 2 rings (SSSR count). The summed E-state index contributed by atoms with van der Waals surface area (Å²) in [5, 5.41) is 2.88. The van der Waals surface area contributed by atoms with Gasteiger partial charge in [-0.25, -0.2) is 0 Å². The van der Waals surface area contributed by atoms with Crippen LogP contribution in [0.15, 0.2) is 48.5 Å². The highest BCUT2D eigenvalue weighted by atomic mass is 16.5. The van der Waals surface area contributed by atoms with E-state index < -0.39 is 0 Å². The van der Waals surface area contributed by atoms with Crippen LogP contribution in [0.4, 0.5) is 0 Å². The largest absolute Gasteiger partial charge is 0.497 e. The molecule has 0 spiro atoms. The fourth-order valence-corrected chi connectivity index (χ4v) is 2.23. The van der Waals surface area contributed by atoms with Crippen LogP contribution in [-0.4, -0.2) is 26.2 Å². The number of hydrogen-bond donors (Lipinski definition) is 1. The van der Waals surface area contributed by atoms with Crippen LogP contribution in [0.3, 0.4) is 0 Å². The Labute approximate surface area is 137 Å². The third-order valence-electron chi connectivity index (χ3n) is 3.58. The third kappa shape index (κ3) is 5.66. The van der Waals surface area contributed by atoms with Crippen LogP contribution in [0.5, 0.6) is 11.5 Å². The highest BCUT2D eigenvalue weighted by Crippen LogP contribution is 2.15. The van der Waals surface area contributed by atoms with Gasteiger partial charge in [-0.1, -0.05) is 30.3 Å². The second kappa shape index (κ2) is 8.83. The summed E-state index contributed by atoms with van der Waals surface area (Å²) in [6.07, 6.45) is 1.81. The van der Waals surface area contributed by atoms with Crippen LogP contribution in [0.1, 0.15) is 17.5 Å². The van der Waals surface area contributed by atoms with E-state index in [-0.39, 0.29) is 12.5 Å². The second-order valence-corrected chi connectivity index (χ2v) is 5.36. The number of methoxy groups -OCH3 is 1. The van der Waals surface area contributed by atoms with Gasteiger partial charge >= 0.3 is 0 Å². The van der Waals surface area contributed by atoms with E-state index >= 15 is 0 Å². The van der Waals surface area contributed by atoms with Crippen LogP contribution in [-0.2, 0) is 11.2 Å². The minimum absolute atomic E-state index is 0.0490. The van der Waals surface area contributed by atoms with Crippen LogP contribution in [0.25, 0.3) is 0 Å². The van der Waals surface area contributed by atoms with Gasteiger partial charge in [-0.05, 0) is 49.1 Å². The topological polar surface area (TPSA) is 47.6 Å². The van der Waals surface area contributed by atoms with Crippen molar-refractivity contribution in [3.05, 3.63) is 59.7 Å². The molecule has 0 aliphatic carbocycles. The van der Waals surface area contributed by atoms with Gasteiger partial charge in [0.05, 0.1) is 7.11 Å². The van der Waals surface area contributed by atoms with Gasteiger partial charge in [-0.3, -0.25) is 4.79 Å². The molecule has 0 aliphatic heterocycles. The van der Waals surface area contributed by atoms with Gasteiger partial charge in [0.2, 0.25) is 0 Å². The number of aryl methyl sites for hydroxylation is 2. The number of carbonyl (C=O) groups is 1. The van der Waals surface area contributed by atoms with E-state index in [9.17, 15) is 4.79 Å². The Hall–Kier alpha value is -2.49. The lowest BCUT2D eigenvalue weighted by atomic mass is 10.1. The predicted molar refractivity (Wildman–Crippen MR) is 91.0 cm³/mol. The first-order valence-electron chi connectivity index (χ1n) is 7.77. The van der Waals surface area contributed by atoms with Crippen LogP contribution >= 0.6 is 0 Å². The molecule has 0 atom stereocenters. The van der Waals surface area contributed by atoms with Gasteiger partial charge in [0.25, 0.3) is 5.91 Å². The quantitative estimate of drug-likeness (QED) is 0.762. The van der Waals surface area contributed by atoms with E-state index in [2.05, 4.69) is 5.32 Å². The number of para-hydroxylation sites is 1. The van der Waals surface area contributed by atoms with E-state index in [1.807, 2.05) is 55.5 Å². The molecule has 0 fully saturated rings. The van der Waals surface area contributed by atoms with Crippen LogP contribution < -0.4 is 14.8 Å². The zero-order valence-corrected chi connectivity index (χ0v) is 13.7. The van der Waals surface area contributed by atoms with E-state index in [1.54, 1.807) is 7.11 Å². The van der Waals surface area contributed by atoms with Crippen molar-refractivity contribution in [2.75, 3.05) is 20.3 Å². The number of ether oxygens (including phenoxy) is 2. The molecule has 0 unspecified atom stereocenters. The average molecular weight is 313 g/mol. The Morgan fingerprint density at radius 3 is 2.52 bits per heavy atom. The molecule has 0 aliphatic rings. The maximum Gasteiger partial charge on any atom is 0.257 e. The molecule has 0 heterocycles. The number of hydrogen-bond acceptors (Lipinski definition) is 3. The summed E-state index contributed by atoms with van der Waals surface area (Å²) in [7, 11) is 1.66. The van der Waals surface area contributed by atoms with E-state index in [0.29, 0.717) is 6.54 Å². The van der Waals surface area contributed by atoms with E-state index in [4.69, 9.17) is 9.47 Å². The van der Waals surface area contributed by atoms with Gasteiger partial charge < -0.3 is 14.8 Å². The van der Waals surface area contributed by atoms with E-state index in [1.165, 1.54) is 5.56 Å². The Balaban J connectivity index is 1.63. The van der Waals surface area contributed by atoms with Crippen molar-refractivity contribution in [2.45, 2.75) is 19.8 Å². The van der Waals surface area contributed by atoms with Crippen molar-refractivity contribution < 1.29 is 14.3 Å². The van der Waals surface area contributed by atoms with Gasteiger partial charge in [-0.2, -0.15) is 0 Å². The molecule has 0 saturated carbocycles. The number of benzene rings is 2. The minimum atomic E-state index is -0.0945. The first-order chi connectivity index (χ1) is 11.2. The maximum absolute atomic E-state index is 11.8. The molecule has 0 radical (unpaired) electrons. The van der Waals surface area contributed by atoms with Crippen molar-refractivity contribution >= 4 is 5.91 Å². The smallest absolute Gasteiger partial charge is 0.257 e. The molecule has 4 nitrogen and oxygen atoms in total. The molecule has 1 N–H and O–H groups in total. The average Bonchev–Trinajstić information content (AvgIpc) is 2.58. The van der Waals surface area contributed by atoms with Gasteiger partial charge in [0, 0.05) is 6.54 Å². The summed E-state index contributed by atoms with van der Waals surface area (Å²) >= 11 is 0. The van der Waals surface area contributed by atoms with Crippen molar-refractivity contribution in [2.24, 2.45) is 0 Å². The zero-order chi connectivity index (χ0) is 16.5. The SMILES string of the molecule is COc1ccc(CCCNC(=O)COc2ccccc2C)cc1. The first-order valence-corrected chi connectivity index (χ1v) is 7.77. The van der Waals surface area contributed by atoms with Crippen molar-refractivity contribution in [3.63, 3.8) is 0 Å². The van der Waals surface area contributed by atoms with Crippen molar-refractivity contribution in [1.29, 1.82) is 0 Å². The Kier molecular flexibility index (Phi) is 6.48. The van der Waals surface area contributed by atoms with Crippen molar-refractivity contribution in [3.8, 4) is 11.5 Å². The van der Waals surface area contributed by atoms with Crippen LogP contribution in [0.2, 0.25) is 0 Å². The number of carbonyl (C=O) groups excluding carboxylic acids is 1. The number of nitrogens with one attached hydrogen (secondary N) is 1. The highest BCUT2D eigenvalue weighted by Gasteiger charge is 2.04. The highest BCUT2D eigenvalue weighted by molar-refractivity contribution is 5.77. The zero-order valence-electron chi connectivity index (χ0n) is 13.7. The fraction of sp³-hybridized carbons (Fsp3) is 0.316. The van der Waals surface area contributed by atoms with Gasteiger partial charge in [0.1, 0.15) is 11.5 Å². The second-order valence-electron chi connectivity index (χ2n) is 5.36. The standard InChI is InChI=1S/C19H23NO3/c1-15-6-3-4-8-18(15)23-14-19(21)20-13-5-7-16-9-11-17(22-2)12-10-16/h3-4,6,8-12H,5,7,13-14H2,1-2H3,(H,20,21). The number of rotatable bonds is 8. The third-order valence-corrected chi connectivity index (χ3v) is 3.58. The van der Waals surface area contributed by atoms with Gasteiger partial charge in [0.15, 0.2) is 6.61 Å². The number of amides is 1. The molecule has 1 amide bonds. The van der Waals surface area contributed by atoms with E-state index in [0.717, 1.165) is 29.9 Å². The summed E-state index contributed by atoms with van der Waals surface area (Å²) in [5.41, 5.74) is 2.26. The lowest BCUT2D eigenvalue weighted by Crippen LogP contribution is -2.30. The normalized spacial score (nSPS) is 10.2. The fourth-order valence-electron chi connectivity index (χ4n) is 2.23. The molecule has 23 heavy (non-hydrogen) atoms. The minimum Gasteiger partial charge on any atom is -0.497 e. The Morgan fingerprint density at radius 2 is 1.83 bits per heavy atom. The molecule has 122 valence electrons. The molecule has 0 aromatic heterocycles. The summed E-state index contributed by atoms with van der Waals surface area (Å²) in [6.45, 7) is 2.65. The Bertz CT molecular complexity index is 623. The lowest BCUT2D eigenvalue weighted by molar-refractivity contribution is -0.123. The van der Waals surface area contributed by atoms with Gasteiger partial charge in [-0.15, -0.1) is 0 Å². The molecular formula is C19H23NO3.